The first-order chi connectivity index (χ1) is 7.79. The number of hydrogen-bond donors (Lipinski definition) is 0. The van der Waals surface area contributed by atoms with E-state index in [1.807, 2.05) is 12.1 Å². The van der Waals surface area contributed by atoms with Crippen LogP contribution in [0.5, 0.6) is 5.75 Å². The highest BCUT2D eigenvalue weighted by Crippen LogP contribution is 2.24. The lowest BCUT2D eigenvalue weighted by molar-refractivity contribution is 0.307. The summed E-state index contributed by atoms with van der Waals surface area (Å²) in [6.45, 7) is 2.75. The van der Waals surface area contributed by atoms with Crippen LogP contribution in [0, 0.1) is 6.92 Å². The van der Waals surface area contributed by atoms with Crippen molar-refractivity contribution in [1.29, 1.82) is 0 Å². The Morgan fingerprint density at radius 3 is 2.88 bits per heavy atom. The van der Waals surface area contributed by atoms with E-state index in [1.165, 1.54) is 16.0 Å². The lowest BCUT2D eigenvalue weighted by Gasteiger charge is -2.09. The van der Waals surface area contributed by atoms with Crippen LogP contribution in [-0.4, -0.2) is 0 Å². The topological polar surface area (TPSA) is 9.23 Å². The first-order valence-corrected chi connectivity index (χ1v) is 7.10. The molecule has 0 N–H and O–H groups in total. The zero-order chi connectivity index (χ0) is 11.4. The molecule has 16 heavy (non-hydrogen) atoms. The number of rotatable bonds is 4. The van der Waals surface area contributed by atoms with Crippen LogP contribution in [0.1, 0.15) is 16.0 Å². The fourth-order valence-corrected chi connectivity index (χ4v) is 2.55. The van der Waals surface area contributed by atoms with Gasteiger partial charge in [-0.1, -0.05) is 39.7 Å². The van der Waals surface area contributed by atoms with Gasteiger partial charge in [0.15, 0.2) is 0 Å². The van der Waals surface area contributed by atoms with E-state index in [0.717, 1.165) is 11.1 Å². The molecule has 0 radical (unpaired) electrons. The summed E-state index contributed by atoms with van der Waals surface area (Å²) in [6.07, 6.45) is 0. The van der Waals surface area contributed by atoms with Crippen LogP contribution in [0.3, 0.4) is 0 Å². The molecule has 0 spiro atoms. The lowest BCUT2D eigenvalue weighted by atomic mass is 10.1. The maximum Gasteiger partial charge on any atom is 0.123 e. The molecule has 2 aromatic rings. The second kappa shape index (κ2) is 5.51. The summed E-state index contributed by atoms with van der Waals surface area (Å²) in [7, 11) is 0. The maximum atomic E-state index is 5.81. The third-order valence-corrected chi connectivity index (χ3v) is 3.76. The Hall–Kier alpha value is -0.800. The van der Waals surface area contributed by atoms with Gasteiger partial charge in [0.25, 0.3) is 0 Å². The van der Waals surface area contributed by atoms with E-state index in [9.17, 15) is 0 Å². The van der Waals surface area contributed by atoms with Crippen molar-refractivity contribution in [3.05, 3.63) is 51.7 Å². The number of aryl methyl sites for hydroxylation is 1. The van der Waals surface area contributed by atoms with Crippen LogP contribution in [0.2, 0.25) is 0 Å². The van der Waals surface area contributed by atoms with Crippen molar-refractivity contribution in [2.75, 3.05) is 0 Å². The summed E-state index contributed by atoms with van der Waals surface area (Å²) < 4.78 is 5.81. The van der Waals surface area contributed by atoms with Crippen LogP contribution in [0.4, 0.5) is 0 Å². The van der Waals surface area contributed by atoms with Crippen molar-refractivity contribution in [1.82, 2.24) is 0 Å². The highest BCUT2D eigenvalue weighted by atomic mass is 79.9. The van der Waals surface area contributed by atoms with Crippen LogP contribution in [0.15, 0.2) is 35.7 Å². The Morgan fingerprint density at radius 2 is 2.19 bits per heavy atom. The quantitative estimate of drug-likeness (QED) is 0.753. The number of alkyl halides is 1. The zero-order valence-corrected chi connectivity index (χ0v) is 11.5. The molecule has 0 saturated heterocycles. The normalized spacial score (nSPS) is 10.4. The van der Waals surface area contributed by atoms with Crippen molar-refractivity contribution >= 4 is 27.3 Å². The van der Waals surface area contributed by atoms with E-state index in [4.69, 9.17) is 4.74 Å². The Balaban J connectivity index is 2.09. The van der Waals surface area contributed by atoms with Crippen molar-refractivity contribution in [3.63, 3.8) is 0 Å². The first-order valence-electron chi connectivity index (χ1n) is 5.10. The molecule has 3 heteroatoms. The van der Waals surface area contributed by atoms with E-state index in [-0.39, 0.29) is 0 Å². The van der Waals surface area contributed by atoms with E-state index < -0.39 is 0 Å². The van der Waals surface area contributed by atoms with Gasteiger partial charge in [-0.2, -0.15) is 0 Å². The minimum absolute atomic E-state index is 0.653. The van der Waals surface area contributed by atoms with E-state index >= 15 is 0 Å². The minimum atomic E-state index is 0.653. The second-order valence-corrected chi connectivity index (χ2v) is 5.21. The predicted octanol–water partition coefficient (Wildman–Crippen LogP) is 4.53. The van der Waals surface area contributed by atoms with Gasteiger partial charge in [-0.25, -0.2) is 0 Å². The molecule has 84 valence electrons. The van der Waals surface area contributed by atoms with Gasteiger partial charge in [0.05, 0.1) is 0 Å². The lowest BCUT2D eigenvalue weighted by Crippen LogP contribution is -1.96. The molecular formula is C13H13BrOS. The highest BCUT2D eigenvalue weighted by Gasteiger charge is 2.03. The van der Waals surface area contributed by atoms with Gasteiger partial charge in [0.1, 0.15) is 12.4 Å². The molecular weight excluding hydrogens is 284 g/mol. The molecule has 0 amide bonds. The third kappa shape index (κ3) is 2.86. The summed E-state index contributed by atoms with van der Waals surface area (Å²) in [5, 5.41) is 2.90. The molecule has 1 aromatic heterocycles. The molecule has 0 atom stereocenters. The van der Waals surface area contributed by atoms with Gasteiger partial charge in [-0.05, 0) is 24.4 Å². The first kappa shape index (κ1) is 11.7. The average molecular weight is 297 g/mol. The monoisotopic (exact) mass is 296 g/mol. The van der Waals surface area contributed by atoms with Gasteiger partial charge >= 0.3 is 0 Å². The van der Waals surface area contributed by atoms with E-state index in [2.05, 4.69) is 46.4 Å². The van der Waals surface area contributed by atoms with Crippen LogP contribution >= 0.6 is 27.3 Å². The van der Waals surface area contributed by atoms with Crippen molar-refractivity contribution < 1.29 is 4.74 Å². The molecule has 2 rings (SSSR count). The second-order valence-electron chi connectivity index (χ2n) is 3.61. The molecule has 1 aromatic carbocycles. The van der Waals surface area contributed by atoms with Crippen LogP contribution in [-0.2, 0) is 11.9 Å². The fraction of sp³-hybridized carbons (Fsp3) is 0.231. The zero-order valence-electron chi connectivity index (χ0n) is 9.07. The van der Waals surface area contributed by atoms with Gasteiger partial charge < -0.3 is 4.74 Å². The minimum Gasteiger partial charge on any atom is -0.488 e. The summed E-state index contributed by atoms with van der Waals surface area (Å²) in [5.74, 6) is 0.968. The average Bonchev–Trinajstić information content (AvgIpc) is 2.80. The summed E-state index contributed by atoms with van der Waals surface area (Å²) in [4.78, 5) is 1.25. The van der Waals surface area contributed by atoms with Gasteiger partial charge in [0.2, 0.25) is 0 Å². The molecule has 0 aliphatic carbocycles. The molecule has 0 fully saturated rings. The van der Waals surface area contributed by atoms with Gasteiger partial charge in [-0.3, -0.25) is 0 Å². The maximum absolute atomic E-state index is 5.81. The molecule has 1 heterocycles. The summed E-state index contributed by atoms with van der Waals surface area (Å²) in [5.41, 5.74) is 2.47. The Bertz CT molecular complexity index is 451. The van der Waals surface area contributed by atoms with Crippen molar-refractivity contribution in [2.24, 2.45) is 0 Å². The molecule has 0 unspecified atom stereocenters. The van der Waals surface area contributed by atoms with Gasteiger partial charge in [-0.15, -0.1) is 11.3 Å². The Morgan fingerprint density at radius 1 is 1.31 bits per heavy atom. The molecule has 0 bridgehead atoms. The largest absolute Gasteiger partial charge is 0.488 e. The standard InChI is InChI=1S/C13H13BrOS/c1-10-4-5-13(11(7-10)8-14)15-9-12-3-2-6-16-12/h2-7H,8-9H2,1H3. The van der Waals surface area contributed by atoms with E-state index in [0.29, 0.717) is 6.61 Å². The number of hydrogen-bond acceptors (Lipinski definition) is 2. The Kier molecular flexibility index (Phi) is 4.02. The highest BCUT2D eigenvalue weighted by molar-refractivity contribution is 9.08. The smallest absolute Gasteiger partial charge is 0.123 e. The van der Waals surface area contributed by atoms with Crippen LogP contribution in [0.25, 0.3) is 0 Å². The number of benzene rings is 1. The van der Waals surface area contributed by atoms with Crippen molar-refractivity contribution in [3.8, 4) is 5.75 Å². The molecule has 0 saturated carbocycles. The SMILES string of the molecule is Cc1ccc(OCc2cccs2)c(CBr)c1. The number of ether oxygens (including phenoxy) is 1. The summed E-state index contributed by atoms with van der Waals surface area (Å²) in [6, 6.07) is 10.4. The predicted molar refractivity (Wildman–Crippen MR) is 72.5 cm³/mol. The Labute approximate surface area is 108 Å². The number of halogens is 1. The third-order valence-electron chi connectivity index (χ3n) is 2.31. The van der Waals surface area contributed by atoms with Gasteiger partial charge in [0, 0.05) is 15.8 Å². The molecule has 0 aliphatic rings. The molecule has 1 nitrogen and oxygen atoms in total. The van der Waals surface area contributed by atoms with Crippen LogP contribution < -0.4 is 4.74 Å². The number of thiophene rings is 1. The fourth-order valence-electron chi connectivity index (χ4n) is 1.50. The van der Waals surface area contributed by atoms with Crippen molar-refractivity contribution in [2.45, 2.75) is 18.9 Å². The molecule has 0 aliphatic heterocycles. The summed E-state index contributed by atoms with van der Waals surface area (Å²) >= 11 is 5.21. The van der Waals surface area contributed by atoms with E-state index in [1.54, 1.807) is 11.3 Å².